The lowest BCUT2D eigenvalue weighted by molar-refractivity contribution is -0.403. The molecule has 3 N–H and O–H groups in total. The second-order valence-corrected chi connectivity index (χ2v) is 3.41. The fourth-order valence-electron chi connectivity index (χ4n) is 1.41. The van der Waals surface area contributed by atoms with Crippen LogP contribution in [0.2, 0.25) is 0 Å². The highest BCUT2D eigenvalue weighted by Crippen LogP contribution is 2.32. The molecule has 1 heterocycles. The molecule has 0 bridgehead atoms. The summed E-state index contributed by atoms with van der Waals surface area (Å²) in [4.78, 5) is 9.54. The van der Waals surface area contributed by atoms with E-state index in [0.717, 1.165) is 5.56 Å². The average Bonchev–Trinajstić information content (AvgIpc) is 2.72. The van der Waals surface area contributed by atoms with E-state index in [9.17, 15) is 10.1 Å². The predicted molar refractivity (Wildman–Crippen MR) is 58.7 cm³/mol. The molecule has 0 amide bonds. The molecule has 17 heavy (non-hydrogen) atoms. The van der Waals surface area contributed by atoms with E-state index in [0.29, 0.717) is 24.2 Å². The number of ether oxygens (including phenoxy) is 2. The molecule has 0 spiro atoms. The van der Waals surface area contributed by atoms with Gasteiger partial charge < -0.3 is 20.5 Å². The first-order chi connectivity index (χ1) is 8.15. The predicted octanol–water partition coefficient (Wildman–Crippen LogP) is 0.539. The number of nitrogens with one attached hydrogen (secondary N) is 1. The van der Waals surface area contributed by atoms with Gasteiger partial charge >= 0.3 is 0 Å². The molecule has 90 valence electrons. The first-order valence-electron chi connectivity index (χ1n) is 4.88. The standard InChI is InChI=1S/C10H11N3O4/c11-10(5-13(14)15)12-4-7-1-2-8-9(3-7)17-6-16-8/h1-3,5,12H,4,6,11H2. The Kier molecular flexibility index (Phi) is 2.99. The van der Waals surface area contributed by atoms with Crippen molar-refractivity contribution >= 4 is 0 Å². The zero-order valence-corrected chi connectivity index (χ0v) is 8.88. The Morgan fingerprint density at radius 3 is 3.06 bits per heavy atom. The summed E-state index contributed by atoms with van der Waals surface area (Å²) < 4.78 is 10.4. The smallest absolute Gasteiger partial charge is 0.273 e. The minimum atomic E-state index is -0.609. The number of nitrogens with zero attached hydrogens (tertiary/aromatic N) is 1. The van der Waals surface area contributed by atoms with Crippen molar-refractivity contribution in [3.63, 3.8) is 0 Å². The maximum absolute atomic E-state index is 10.1. The molecule has 0 aliphatic carbocycles. The third kappa shape index (κ3) is 2.77. The van der Waals surface area contributed by atoms with Gasteiger partial charge in [0.25, 0.3) is 6.20 Å². The number of rotatable bonds is 4. The number of nitro groups is 1. The summed E-state index contributed by atoms with van der Waals surface area (Å²) in [6.07, 6.45) is 0.715. The summed E-state index contributed by atoms with van der Waals surface area (Å²) in [5.41, 5.74) is 6.28. The summed E-state index contributed by atoms with van der Waals surface area (Å²) in [6, 6.07) is 5.42. The third-order valence-corrected chi connectivity index (χ3v) is 2.18. The average molecular weight is 237 g/mol. The molecule has 1 aliphatic heterocycles. The highest BCUT2D eigenvalue weighted by Gasteiger charge is 2.12. The van der Waals surface area contributed by atoms with Gasteiger partial charge in [0.1, 0.15) is 0 Å². The number of nitrogens with two attached hydrogens (primary N) is 1. The Labute approximate surface area is 97.0 Å². The van der Waals surface area contributed by atoms with Crippen LogP contribution in [0.4, 0.5) is 0 Å². The van der Waals surface area contributed by atoms with Crippen LogP contribution in [0.1, 0.15) is 5.56 Å². The van der Waals surface area contributed by atoms with Crippen LogP contribution < -0.4 is 20.5 Å². The summed E-state index contributed by atoms with van der Waals surface area (Å²) in [7, 11) is 0. The summed E-state index contributed by atoms with van der Waals surface area (Å²) >= 11 is 0. The quantitative estimate of drug-likeness (QED) is 0.585. The van der Waals surface area contributed by atoms with Crippen molar-refractivity contribution in [3.05, 3.63) is 45.9 Å². The number of hydrogen-bond acceptors (Lipinski definition) is 6. The van der Waals surface area contributed by atoms with Gasteiger partial charge in [-0.1, -0.05) is 6.07 Å². The summed E-state index contributed by atoms with van der Waals surface area (Å²) in [6.45, 7) is 0.600. The van der Waals surface area contributed by atoms with Gasteiger partial charge in [0.15, 0.2) is 17.3 Å². The van der Waals surface area contributed by atoms with Crippen molar-refractivity contribution in [1.29, 1.82) is 0 Å². The largest absolute Gasteiger partial charge is 0.454 e. The topological polar surface area (TPSA) is 99.7 Å². The third-order valence-electron chi connectivity index (χ3n) is 2.18. The van der Waals surface area contributed by atoms with Crippen molar-refractivity contribution in [3.8, 4) is 11.5 Å². The maximum Gasteiger partial charge on any atom is 0.273 e. The van der Waals surface area contributed by atoms with Crippen LogP contribution in [0.5, 0.6) is 11.5 Å². The Morgan fingerprint density at radius 1 is 1.53 bits per heavy atom. The van der Waals surface area contributed by atoms with Gasteiger partial charge in [0, 0.05) is 6.54 Å². The van der Waals surface area contributed by atoms with Crippen LogP contribution in [-0.2, 0) is 6.54 Å². The van der Waals surface area contributed by atoms with E-state index in [4.69, 9.17) is 15.2 Å². The lowest BCUT2D eigenvalue weighted by atomic mass is 10.2. The fourth-order valence-corrected chi connectivity index (χ4v) is 1.41. The molecule has 0 aromatic heterocycles. The van der Waals surface area contributed by atoms with E-state index in [2.05, 4.69) is 5.32 Å². The minimum absolute atomic E-state index is 0.00710. The van der Waals surface area contributed by atoms with Crippen LogP contribution in [0.25, 0.3) is 0 Å². The molecule has 0 radical (unpaired) electrons. The maximum atomic E-state index is 10.1. The van der Waals surface area contributed by atoms with Crippen LogP contribution in [-0.4, -0.2) is 11.7 Å². The zero-order chi connectivity index (χ0) is 12.3. The molecule has 1 aromatic carbocycles. The monoisotopic (exact) mass is 237 g/mol. The lowest BCUT2D eigenvalue weighted by Crippen LogP contribution is -2.20. The summed E-state index contributed by atoms with van der Waals surface area (Å²) in [5, 5.41) is 12.9. The molecule has 0 saturated carbocycles. The second kappa shape index (κ2) is 4.60. The molecule has 7 nitrogen and oxygen atoms in total. The molecule has 1 aromatic rings. The van der Waals surface area contributed by atoms with E-state index < -0.39 is 4.92 Å². The first kappa shape index (κ1) is 11.1. The molecule has 1 aliphatic rings. The zero-order valence-electron chi connectivity index (χ0n) is 8.88. The van der Waals surface area contributed by atoms with E-state index in [1.54, 1.807) is 12.1 Å². The van der Waals surface area contributed by atoms with Crippen molar-refractivity contribution in [2.45, 2.75) is 6.54 Å². The number of benzene rings is 1. The van der Waals surface area contributed by atoms with Crippen LogP contribution >= 0.6 is 0 Å². The van der Waals surface area contributed by atoms with Crippen LogP contribution in [0.3, 0.4) is 0 Å². The van der Waals surface area contributed by atoms with E-state index in [1.807, 2.05) is 6.07 Å². The molecule has 0 saturated heterocycles. The van der Waals surface area contributed by atoms with Crippen molar-refractivity contribution in [2.75, 3.05) is 6.79 Å². The fraction of sp³-hybridized carbons (Fsp3) is 0.200. The summed E-state index contributed by atoms with van der Waals surface area (Å²) in [5.74, 6) is 1.37. The molecular formula is C10H11N3O4. The molecule has 7 heteroatoms. The molecule has 0 unspecified atom stereocenters. The lowest BCUT2D eigenvalue weighted by Gasteiger charge is -2.05. The highest BCUT2D eigenvalue weighted by atomic mass is 16.7. The van der Waals surface area contributed by atoms with Gasteiger partial charge in [-0.25, -0.2) is 0 Å². The molecular weight excluding hydrogens is 226 g/mol. The highest BCUT2D eigenvalue weighted by molar-refractivity contribution is 5.44. The van der Waals surface area contributed by atoms with E-state index in [1.165, 1.54) is 0 Å². The Morgan fingerprint density at radius 2 is 2.29 bits per heavy atom. The van der Waals surface area contributed by atoms with Gasteiger partial charge in [0.2, 0.25) is 6.79 Å². The van der Waals surface area contributed by atoms with Crippen molar-refractivity contribution in [2.24, 2.45) is 5.73 Å². The van der Waals surface area contributed by atoms with Gasteiger partial charge in [-0.15, -0.1) is 0 Å². The Hall–Kier alpha value is -2.44. The number of hydrogen-bond donors (Lipinski definition) is 2. The molecule has 0 fully saturated rings. The Bertz CT molecular complexity index is 473. The Balaban J connectivity index is 1.98. The SMILES string of the molecule is NC(=C[N+](=O)[O-])NCc1ccc2c(c1)OCO2. The van der Waals surface area contributed by atoms with E-state index in [-0.39, 0.29) is 12.6 Å². The van der Waals surface area contributed by atoms with Crippen LogP contribution in [0, 0.1) is 10.1 Å². The van der Waals surface area contributed by atoms with Crippen LogP contribution in [0.15, 0.2) is 30.2 Å². The number of fused-ring (bicyclic) bond motifs is 1. The normalized spacial score (nSPS) is 13.5. The second-order valence-electron chi connectivity index (χ2n) is 3.41. The van der Waals surface area contributed by atoms with E-state index >= 15 is 0 Å². The van der Waals surface area contributed by atoms with Gasteiger partial charge in [0.05, 0.1) is 4.92 Å². The molecule has 2 rings (SSSR count). The van der Waals surface area contributed by atoms with Gasteiger partial charge in [-0.3, -0.25) is 10.1 Å². The first-order valence-corrected chi connectivity index (χ1v) is 4.88. The van der Waals surface area contributed by atoms with Crippen molar-refractivity contribution < 1.29 is 14.4 Å². The minimum Gasteiger partial charge on any atom is -0.454 e. The van der Waals surface area contributed by atoms with Gasteiger partial charge in [-0.2, -0.15) is 0 Å². The van der Waals surface area contributed by atoms with Crippen molar-refractivity contribution in [1.82, 2.24) is 5.32 Å². The van der Waals surface area contributed by atoms with Gasteiger partial charge in [-0.05, 0) is 17.7 Å². The molecule has 0 atom stereocenters.